The van der Waals surface area contributed by atoms with Crippen LogP contribution in [0.4, 0.5) is 5.69 Å². The van der Waals surface area contributed by atoms with Gasteiger partial charge in [-0.2, -0.15) is 0 Å². The fraction of sp³-hybridized carbons (Fsp3) is 0.562. The van der Waals surface area contributed by atoms with Crippen molar-refractivity contribution < 1.29 is 4.79 Å². The third kappa shape index (κ3) is 5.72. The van der Waals surface area contributed by atoms with Gasteiger partial charge in [0.25, 0.3) is 0 Å². The molecule has 2 nitrogen and oxygen atoms in total. The quantitative estimate of drug-likeness (QED) is 0.605. The molecule has 0 aliphatic heterocycles. The predicted octanol–water partition coefficient (Wildman–Crippen LogP) is 5.87. The molecule has 0 N–H and O–H groups in total. The fourth-order valence-electron chi connectivity index (χ4n) is 2.86. The van der Waals surface area contributed by atoms with E-state index in [0.29, 0.717) is 0 Å². The van der Waals surface area contributed by atoms with Gasteiger partial charge in [0.15, 0.2) is 0 Å². The lowest BCUT2D eigenvalue weighted by molar-refractivity contribution is 0.109. The second-order valence-corrected chi connectivity index (χ2v) is 27.8. The van der Waals surface area contributed by atoms with Crippen molar-refractivity contribution in [2.45, 2.75) is 58.9 Å². The Bertz CT molecular complexity index is 510. The minimum absolute atomic E-state index is 0.221. The van der Waals surface area contributed by atoms with Crippen molar-refractivity contribution in [1.29, 1.82) is 0 Å². The molecular weight excluding hydrogens is 339 g/mol. The van der Waals surface area contributed by atoms with Crippen molar-refractivity contribution in [3.63, 3.8) is 0 Å². The minimum atomic E-state index is -1.43. The molecule has 0 radical (unpaired) electrons. The number of anilines is 1. The van der Waals surface area contributed by atoms with Crippen LogP contribution in [0.15, 0.2) is 24.3 Å². The molecule has 0 spiro atoms. The van der Waals surface area contributed by atoms with E-state index < -0.39 is 23.7 Å². The molecule has 0 aromatic heterocycles. The molecule has 0 saturated heterocycles. The number of carbonyl (C=O) groups excluding carboxylic acids is 1. The van der Waals surface area contributed by atoms with Gasteiger partial charge in [0.05, 0.1) is 0 Å². The first-order valence-electron chi connectivity index (χ1n) is 7.85. The van der Waals surface area contributed by atoms with Gasteiger partial charge in [-0.15, -0.1) is 11.2 Å². The maximum atomic E-state index is 12.3. The van der Waals surface area contributed by atoms with Crippen LogP contribution in [-0.4, -0.2) is 28.8 Å². The number of nitrogens with zero attached hydrogens (tertiary/aromatic N) is 1. The Hall–Kier alpha value is -0.309. The van der Waals surface area contributed by atoms with Gasteiger partial charge in [-0.3, -0.25) is 4.79 Å². The van der Waals surface area contributed by atoms with Crippen LogP contribution in [-0.2, 0) is 0 Å². The molecule has 1 aromatic rings. The summed E-state index contributed by atoms with van der Waals surface area (Å²) >= 11 is 1.54. The number of carbonyl (C=O) groups is 1. The predicted molar refractivity (Wildman–Crippen MR) is 111 cm³/mol. The van der Waals surface area contributed by atoms with Crippen molar-refractivity contribution in [2.24, 2.45) is 0 Å². The highest BCUT2D eigenvalue weighted by molar-refractivity contribution is 8.39. The highest BCUT2D eigenvalue weighted by Crippen LogP contribution is 2.30. The lowest BCUT2D eigenvalue weighted by atomic mass is 10.2. The molecule has 1 aromatic carbocycles. The smallest absolute Gasteiger partial charge is 0.213 e. The SMILES string of the molecule is C[Si](C)(C)SC(=O)c1ccc(N([Si](C)(C)C)[Si](C)(C)C)cc1. The van der Waals surface area contributed by atoms with Gasteiger partial charge < -0.3 is 4.23 Å². The monoisotopic (exact) mass is 369 g/mol. The summed E-state index contributed by atoms with van der Waals surface area (Å²) < 4.78 is 2.68. The van der Waals surface area contributed by atoms with Crippen LogP contribution in [0.1, 0.15) is 10.4 Å². The Morgan fingerprint density at radius 1 is 0.818 bits per heavy atom. The molecule has 0 heterocycles. The highest BCUT2D eigenvalue weighted by Gasteiger charge is 2.34. The van der Waals surface area contributed by atoms with Gasteiger partial charge in [0.1, 0.15) is 23.7 Å². The van der Waals surface area contributed by atoms with Crippen LogP contribution in [0.5, 0.6) is 0 Å². The van der Waals surface area contributed by atoms with Gasteiger partial charge in [0.2, 0.25) is 5.12 Å². The lowest BCUT2D eigenvalue weighted by Crippen LogP contribution is -2.59. The third-order valence-corrected chi connectivity index (χ3v) is 13.8. The first-order valence-corrected chi connectivity index (χ1v) is 19.8. The molecule has 6 heteroatoms. The summed E-state index contributed by atoms with van der Waals surface area (Å²) in [6, 6.07) is 8.32. The van der Waals surface area contributed by atoms with E-state index in [1.807, 2.05) is 12.1 Å². The summed E-state index contributed by atoms with van der Waals surface area (Å²) in [7, 11) is -4.30. The molecule has 1 rings (SSSR count). The zero-order chi connectivity index (χ0) is 17.3. The van der Waals surface area contributed by atoms with Crippen LogP contribution < -0.4 is 4.23 Å². The number of hydrogen-bond donors (Lipinski definition) is 0. The molecule has 0 aliphatic rings. The van der Waals surface area contributed by atoms with E-state index >= 15 is 0 Å². The Kier molecular flexibility index (Phi) is 5.98. The second kappa shape index (κ2) is 6.67. The van der Waals surface area contributed by atoms with Gasteiger partial charge in [-0.25, -0.2) is 0 Å². The van der Waals surface area contributed by atoms with Crippen molar-refractivity contribution in [3.8, 4) is 0 Å². The molecule has 0 unspecified atom stereocenters. The molecule has 0 bridgehead atoms. The molecular formula is C16H31NOSSi3. The fourth-order valence-corrected chi connectivity index (χ4v) is 15.6. The normalized spacial score (nSPS) is 13.1. The average Bonchev–Trinajstić information content (AvgIpc) is 2.23. The summed E-state index contributed by atoms with van der Waals surface area (Å²) in [6.45, 7) is 21.0. The van der Waals surface area contributed by atoms with Crippen molar-refractivity contribution in [3.05, 3.63) is 29.8 Å². The van der Waals surface area contributed by atoms with Crippen LogP contribution in [0.25, 0.3) is 0 Å². The van der Waals surface area contributed by atoms with Gasteiger partial charge in [-0.05, 0) is 24.3 Å². The molecule has 0 fully saturated rings. The molecule has 0 amide bonds. The van der Waals surface area contributed by atoms with Gasteiger partial charge in [0, 0.05) is 11.3 Å². The third-order valence-electron chi connectivity index (χ3n) is 3.10. The van der Waals surface area contributed by atoms with Crippen molar-refractivity contribution in [2.75, 3.05) is 4.23 Å². The zero-order valence-electron chi connectivity index (χ0n) is 15.6. The van der Waals surface area contributed by atoms with E-state index in [1.54, 1.807) is 0 Å². The Labute approximate surface area is 143 Å². The second-order valence-electron chi connectivity index (χ2n) is 8.73. The zero-order valence-corrected chi connectivity index (χ0v) is 19.4. The van der Waals surface area contributed by atoms with E-state index in [4.69, 9.17) is 0 Å². The van der Waals surface area contributed by atoms with Crippen LogP contribution >= 0.6 is 11.2 Å². The average molecular weight is 370 g/mol. The summed E-state index contributed by atoms with van der Waals surface area (Å²) in [4.78, 5) is 12.3. The molecule has 0 atom stereocenters. The number of benzene rings is 1. The molecule has 0 aliphatic carbocycles. The van der Waals surface area contributed by atoms with Gasteiger partial charge >= 0.3 is 0 Å². The largest absolute Gasteiger partial charge is 0.425 e. The topological polar surface area (TPSA) is 20.3 Å². The van der Waals surface area contributed by atoms with Crippen molar-refractivity contribution in [1.82, 2.24) is 0 Å². The number of hydrogen-bond acceptors (Lipinski definition) is 3. The van der Waals surface area contributed by atoms with E-state index in [2.05, 4.69) is 75.3 Å². The van der Waals surface area contributed by atoms with E-state index in [9.17, 15) is 4.79 Å². The number of rotatable bonds is 5. The molecule has 124 valence electrons. The maximum absolute atomic E-state index is 12.3. The van der Waals surface area contributed by atoms with Crippen LogP contribution in [0.2, 0.25) is 58.9 Å². The lowest BCUT2D eigenvalue weighted by Gasteiger charge is -2.46. The maximum Gasteiger partial charge on any atom is 0.213 e. The molecule has 22 heavy (non-hydrogen) atoms. The van der Waals surface area contributed by atoms with E-state index in [1.165, 1.54) is 16.9 Å². The van der Waals surface area contributed by atoms with E-state index in [0.717, 1.165) is 5.56 Å². The first kappa shape index (κ1) is 19.7. The molecule has 0 saturated carbocycles. The van der Waals surface area contributed by atoms with Gasteiger partial charge in [-0.1, -0.05) is 58.9 Å². The Morgan fingerprint density at radius 3 is 1.55 bits per heavy atom. The van der Waals surface area contributed by atoms with Crippen LogP contribution in [0.3, 0.4) is 0 Å². The standard InChI is InChI=1S/C16H31NOSSi3/c1-20(2,3)17(21(4,5)6)15-12-10-14(11-13-15)16(18)19-22(7,8)9/h10-13H,1-9H3. The summed E-state index contributed by atoms with van der Waals surface area (Å²) in [6.07, 6.45) is 0. The first-order chi connectivity index (χ1) is 9.72. The van der Waals surface area contributed by atoms with Crippen LogP contribution in [0, 0.1) is 0 Å². The minimum Gasteiger partial charge on any atom is -0.425 e. The van der Waals surface area contributed by atoms with E-state index in [-0.39, 0.29) is 5.12 Å². The highest BCUT2D eigenvalue weighted by atomic mass is 32.4. The Morgan fingerprint density at radius 2 is 1.23 bits per heavy atom. The summed E-state index contributed by atoms with van der Waals surface area (Å²) in [5, 5.41) is 0.221. The summed E-state index contributed by atoms with van der Waals surface area (Å²) in [5.41, 5.74) is 2.12. The van der Waals surface area contributed by atoms with Crippen molar-refractivity contribution >= 4 is 45.7 Å². The summed E-state index contributed by atoms with van der Waals surface area (Å²) in [5.74, 6) is 0. The Balaban J connectivity index is 3.08.